The fraction of sp³-hybridized carbons (Fsp3) is 0.792. The molecule has 0 aromatic carbocycles. The fourth-order valence-corrected chi connectivity index (χ4v) is 5.28. The summed E-state index contributed by atoms with van der Waals surface area (Å²) in [6.45, 7) is 8.29. The number of ether oxygens (including phenoxy) is 1. The molecular formula is C24H42N2O5Pt. The molecule has 0 aromatic rings. The summed E-state index contributed by atoms with van der Waals surface area (Å²) in [4.78, 5) is 36.0. The molecule has 7 nitrogen and oxygen atoms in total. The molecule has 0 spiro atoms. The number of hydrogen-bond acceptors (Lipinski definition) is 6. The van der Waals surface area contributed by atoms with Crippen LogP contribution in [0.4, 0.5) is 0 Å². The molecule has 5 atom stereocenters. The minimum absolute atomic E-state index is 0. The van der Waals surface area contributed by atoms with E-state index in [4.69, 9.17) is 16.2 Å². The zero-order valence-corrected chi connectivity index (χ0v) is 22.2. The van der Waals surface area contributed by atoms with Crippen LogP contribution >= 0.6 is 0 Å². The van der Waals surface area contributed by atoms with Gasteiger partial charge in [0.2, 0.25) is 0 Å². The molecule has 0 bridgehead atoms. The van der Waals surface area contributed by atoms with E-state index in [-0.39, 0.29) is 62.0 Å². The minimum Gasteiger partial charge on any atom is -0.430 e. The third-order valence-corrected chi connectivity index (χ3v) is 7.20. The van der Waals surface area contributed by atoms with Gasteiger partial charge in [-0.3, -0.25) is 14.4 Å². The molecule has 3 unspecified atom stereocenters. The van der Waals surface area contributed by atoms with Gasteiger partial charge in [0.25, 0.3) is 0 Å². The van der Waals surface area contributed by atoms with Gasteiger partial charge >= 0.3 is 5.97 Å². The van der Waals surface area contributed by atoms with Crippen LogP contribution in [0.2, 0.25) is 0 Å². The van der Waals surface area contributed by atoms with Crippen LogP contribution in [0, 0.1) is 23.2 Å². The molecule has 2 aliphatic carbocycles. The minimum atomic E-state index is -1.24. The van der Waals surface area contributed by atoms with Gasteiger partial charge in [-0.15, -0.1) is 0 Å². The molecule has 1 aliphatic heterocycles. The SMILES string of the molecule is CC1=CC(=O)C(C(=O)CCC2C(C)CCCC2(C)C)C(=O)O1.N[C@@H]1CCCC[C@H]1N.O.[Pt]. The van der Waals surface area contributed by atoms with Crippen LogP contribution in [0.3, 0.4) is 0 Å². The van der Waals surface area contributed by atoms with E-state index in [1.807, 2.05) is 0 Å². The Labute approximate surface area is 207 Å². The first-order chi connectivity index (χ1) is 14.0. The predicted molar refractivity (Wildman–Crippen MR) is 121 cm³/mol. The summed E-state index contributed by atoms with van der Waals surface area (Å²) in [6, 6.07) is 0.562. The standard InChI is InChI=1S/C18H26O4.C6H14N2.H2O.Pt/c1-11-6-5-9-18(3,4)13(11)7-8-14(19)16-15(20)10-12(2)22-17(16)21;7-5-3-1-2-4-6(5)8;;/h10-11,13,16H,5-9H2,1-4H3;5-6H,1-4,7-8H2;1H2;/t;5-,6-;;/m.1../s1. The summed E-state index contributed by atoms with van der Waals surface area (Å²) >= 11 is 0. The van der Waals surface area contributed by atoms with Gasteiger partial charge in [-0.25, -0.2) is 0 Å². The number of hydrogen-bond donors (Lipinski definition) is 2. The van der Waals surface area contributed by atoms with E-state index in [0.717, 1.165) is 19.3 Å². The van der Waals surface area contributed by atoms with Gasteiger partial charge in [0.1, 0.15) is 5.76 Å². The van der Waals surface area contributed by atoms with Crippen molar-refractivity contribution < 1.29 is 45.7 Å². The van der Waals surface area contributed by atoms with Gasteiger partial charge in [0.15, 0.2) is 17.5 Å². The van der Waals surface area contributed by atoms with Crippen molar-refractivity contribution in [3.05, 3.63) is 11.8 Å². The number of Topliss-reactive ketones (excluding diaryl/α,β-unsaturated/α-hetero) is 1. The number of allylic oxidation sites excluding steroid dienone is 2. The molecule has 6 N–H and O–H groups in total. The van der Waals surface area contributed by atoms with Crippen LogP contribution in [0.5, 0.6) is 0 Å². The van der Waals surface area contributed by atoms with Crippen LogP contribution in [-0.4, -0.2) is 35.1 Å². The van der Waals surface area contributed by atoms with Gasteiger partial charge in [-0.05, 0) is 49.9 Å². The quantitative estimate of drug-likeness (QED) is 0.360. The van der Waals surface area contributed by atoms with Crippen molar-refractivity contribution in [2.45, 2.75) is 97.6 Å². The average Bonchev–Trinajstić information content (AvgIpc) is 2.63. The third kappa shape index (κ3) is 8.48. The monoisotopic (exact) mass is 633 g/mol. The van der Waals surface area contributed by atoms with Crippen molar-refractivity contribution in [2.75, 3.05) is 0 Å². The summed E-state index contributed by atoms with van der Waals surface area (Å²) in [5.41, 5.74) is 11.5. The molecule has 3 rings (SSSR count). The number of carbonyl (C=O) groups is 3. The molecule has 1 heterocycles. The first kappa shape index (κ1) is 31.1. The Bertz CT molecular complexity index is 669. The van der Waals surface area contributed by atoms with Crippen molar-refractivity contribution in [1.82, 2.24) is 0 Å². The van der Waals surface area contributed by atoms with Crippen LogP contribution in [0.15, 0.2) is 11.8 Å². The molecule has 3 aliphatic rings. The van der Waals surface area contributed by atoms with Crippen LogP contribution in [0.1, 0.15) is 85.5 Å². The van der Waals surface area contributed by atoms with E-state index in [1.165, 1.54) is 38.2 Å². The summed E-state index contributed by atoms with van der Waals surface area (Å²) in [5, 5.41) is 0. The molecule has 0 aromatic heterocycles. The van der Waals surface area contributed by atoms with Gasteiger partial charge < -0.3 is 21.7 Å². The van der Waals surface area contributed by atoms with Gasteiger partial charge in [-0.2, -0.15) is 0 Å². The van der Waals surface area contributed by atoms with Crippen LogP contribution in [0.25, 0.3) is 0 Å². The Morgan fingerprint density at radius 1 is 1.09 bits per heavy atom. The van der Waals surface area contributed by atoms with E-state index in [9.17, 15) is 14.4 Å². The van der Waals surface area contributed by atoms with E-state index < -0.39 is 17.7 Å². The van der Waals surface area contributed by atoms with E-state index in [1.54, 1.807) is 6.92 Å². The van der Waals surface area contributed by atoms with Gasteiger partial charge in [0.05, 0.1) is 0 Å². The number of nitrogens with two attached hydrogens (primary N) is 2. The Kier molecular flexibility index (Phi) is 13.4. The molecule has 0 saturated heterocycles. The van der Waals surface area contributed by atoms with Crippen molar-refractivity contribution >= 4 is 17.5 Å². The van der Waals surface area contributed by atoms with Crippen LogP contribution in [-0.2, 0) is 40.2 Å². The number of carbonyl (C=O) groups excluding carboxylic acids is 3. The number of cyclic esters (lactones) is 1. The summed E-state index contributed by atoms with van der Waals surface area (Å²) in [5.74, 6) is -1.40. The summed E-state index contributed by atoms with van der Waals surface area (Å²) in [7, 11) is 0. The Morgan fingerprint density at radius 2 is 1.66 bits per heavy atom. The summed E-state index contributed by atoms with van der Waals surface area (Å²) in [6.07, 6.45) is 10.7. The second kappa shape index (κ2) is 13.7. The third-order valence-electron chi connectivity index (χ3n) is 7.20. The molecule has 8 heteroatoms. The molecule has 188 valence electrons. The Morgan fingerprint density at radius 3 is 2.12 bits per heavy atom. The van der Waals surface area contributed by atoms with E-state index in [2.05, 4.69) is 20.8 Å². The topological polar surface area (TPSA) is 144 Å². The van der Waals surface area contributed by atoms with Crippen molar-refractivity contribution in [3.8, 4) is 0 Å². The second-order valence-corrected chi connectivity index (χ2v) is 10.1. The summed E-state index contributed by atoms with van der Waals surface area (Å²) < 4.78 is 4.92. The smallest absolute Gasteiger partial charge is 0.329 e. The molecular weight excluding hydrogens is 591 g/mol. The first-order valence-electron chi connectivity index (χ1n) is 11.5. The normalized spacial score (nSPS) is 31.6. The zero-order valence-electron chi connectivity index (χ0n) is 19.9. The van der Waals surface area contributed by atoms with Gasteiger partial charge in [0, 0.05) is 45.6 Å². The molecule has 2 saturated carbocycles. The molecule has 32 heavy (non-hydrogen) atoms. The molecule has 0 amide bonds. The Balaban J connectivity index is 0.000000816. The number of rotatable bonds is 4. The largest absolute Gasteiger partial charge is 0.430 e. The van der Waals surface area contributed by atoms with Crippen molar-refractivity contribution in [3.63, 3.8) is 0 Å². The van der Waals surface area contributed by atoms with Crippen molar-refractivity contribution in [2.24, 2.45) is 34.6 Å². The van der Waals surface area contributed by atoms with Gasteiger partial charge in [-0.1, -0.05) is 46.5 Å². The van der Waals surface area contributed by atoms with E-state index in [0.29, 0.717) is 11.8 Å². The fourth-order valence-electron chi connectivity index (χ4n) is 5.28. The maximum absolute atomic E-state index is 12.3. The zero-order chi connectivity index (χ0) is 22.5. The van der Waals surface area contributed by atoms with Crippen LogP contribution < -0.4 is 11.5 Å². The van der Waals surface area contributed by atoms with Crippen molar-refractivity contribution in [1.29, 1.82) is 0 Å². The predicted octanol–water partition coefficient (Wildman–Crippen LogP) is 2.83. The first-order valence-corrected chi connectivity index (χ1v) is 11.5. The average molecular weight is 634 g/mol. The number of ketones is 2. The second-order valence-electron chi connectivity index (χ2n) is 10.1. The van der Waals surface area contributed by atoms with E-state index >= 15 is 0 Å². The maximum atomic E-state index is 12.3. The Hall–Kier alpha value is -0.882. The maximum Gasteiger partial charge on any atom is 0.329 e. The number of esters is 1. The molecule has 2 fully saturated rings. The molecule has 0 radical (unpaired) electrons.